The molecule has 0 saturated carbocycles. The van der Waals surface area contributed by atoms with Crippen LogP contribution >= 0.6 is 0 Å². The first-order valence-corrected chi connectivity index (χ1v) is 11.3. The van der Waals surface area contributed by atoms with Gasteiger partial charge in [-0.3, -0.25) is 30.3 Å². The Kier molecular flexibility index (Phi) is 5.88. The molecule has 1 aliphatic rings. The average molecular weight is 510 g/mol. The molecule has 4 aromatic carbocycles. The lowest BCUT2D eigenvalue weighted by atomic mass is 10.00. The molecule has 0 N–H and O–H groups in total. The first kappa shape index (κ1) is 24.3. The van der Waals surface area contributed by atoms with Crippen LogP contribution < -0.4 is 4.74 Å². The molecule has 0 heterocycles. The van der Waals surface area contributed by atoms with Crippen molar-refractivity contribution in [3.63, 3.8) is 0 Å². The normalized spacial score (nSPS) is 12.6. The van der Waals surface area contributed by atoms with E-state index < -0.39 is 26.1 Å². The van der Waals surface area contributed by atoms with Gasteiger partial charge in [-0.05, 0) is 41.8 Å². The molecule has 4 aromatic rings. The number of hydrogen-bond donors (Lipinski definition) is 0. The fourth-order valence-corrected chi connectivity index (χ4v) is 4.65. The molecule has 38 heavy (non-hydrogen) atoms. The lowest BCUT2D eigenvalue weighted by Crippen LogP contribution is -2.01. The van der Waals surface area contributed by atoms with E-state index in [-0.39, 0.29) is 33.7 Å². The van der Waals surface area contributed by atoms with Crippen molar-refractivity contribution < 1.29 is 19.5 Å². The Labute approximate surface area is 215 Å². The monoisotopic (exact) mass is 510 g/mol. The zero-order chi connectivity index (χ0) is 27.1. The van der Waals surface area contributed by atoms with Crippen molar-refractivity contribution >= 4 is 28.5 Å². The van der Waals surface area contributed by atoms with Crippen LogP contribution in [0.1, 0.15) is 16.7 Å². The van der Waals surface area contributed by atoms with Crippen molar-refractivity contribution in [2.45, 2.75) is 6.92 Å². The second-order valence-electron chi connectivity index (χ2n) is 8.58. The molecule has 11 nitrogen and oxygen atoms in total. The highest BCUT2D eigenvalue weighted by molar-refractivity contribution is 6.28. The number of non-ortho nitro benzene ring substituents is 1. The van der Waals surface area contributed by atoms with E-state index in [1.54, 1.807) is 25.1 Å². The number of nitro groups is 3. The van der Waals surface area contributed by atoms with Gasteiger partial charge in [-0.15, -0.1) is 0 Å². The summed E-state index contributed by atoms with van der Waals surface area (Å²) < 4.78 is 5.50. The first-order valence-electron chi connectivity index (χ1n) is 11.3. The van der Waals surface area contributed by atoms with Gasteiger partial charge in [0, 0.05) is 23.3 Å². The van der Waals surface area contributed by atoms with E-state index in [1.165, 1.54) is 13.2 Å². The van der Waals surface area contributed by atoms with Gasteiger partial charge >= 0.3 is 0 Å². The van der Waals surface area contributed by atoms with Crippen molar-refractivity contribution in [1.82, 2.24) is 0 Å². The highest BCUT2D eigenvalue weighted by atomic mass is 16.6. The molecule has 0 fully saturated rings. The molecule has 0 aromatic heterocycles. The molecular formula is C27H18N4O7. The number of fused-ring (bicyclic) bond motifs is 3. The average Bonchev–Trinajstić information content (AvgIpc) is 3.20. The number of nitrogens with zero attached hydrogens (tertiary/aromatic N) is 4. The number of rotatable bonds is 6. The number of aliphatic imine (C=N–C) groups is 1. The number of methoxy groups -OCH3 is 1. The summed E-state index contributed by atoms with van der Waals surface area (Å²) in [5, 5.41) is 35.7. The highest BCUT2D eigenvalue weighted by Gasteiger charge is 2.39. The van der Waals surface area contributed by atoms with Gasteiger partial charge in [0.1, 0.15) is 11.4 Å². The zero-order valence-corrected chi connectivity index (χ0v) is 20.1. The molecule has 0 unspecified atom stereocenters. The Bertz CT molecular complexity index is 1700. The third-order valence-corrected chi connectivity index (χ3v) is 6.25. The Morgan fingerprint density at radius 3 is 1.95 bits per heavy atom. The Hall–Kier alpha value is -5.45. The first-order chi connectivity index (χ1) is 18.2. The Morgan fingerprint density at radius 1 is 0.711 bits per heavy atom. The third kappa shape index (κ3) is 4.01. The van der Waals surface area contributed by atoms with Gasteiger partial charge in [0.05, 0.1) is 44.8 Å². The molecular weight excluding hydrogens is 492 g/mol. The van der Waals surface area contributed by atoms with E-state index in [9.17, 15) is 30.3 Å². The van der Waals surface area contributed by atoms with Crippen molar-refractivity contribution in [2.24, 2.45) is 4.99 Å². The summed E-state index contributed by atoms with van der Waals surface area (Å²) in [5.74, 6) is 0.384. The lowest BCUT2D eigenvalue weighted by Gasteiger charge is -2.10. The second-order valence-corrected chi connectivity index (χ2v) is 8.58. The molecule has 0 spiro atoms. The molecule has 0 atom stereocenters. The fraction of sp³-hybridized carbons (Fsp3) is 0.0741. The number of aryl methyl sites for hydroxylation is 1. The third-order valence-electron chi connectivity index (χ3n) is 6.25. The summed E-state index contributed by atoms with van der Waals surface area (Å²) in [6.45, 7) is 1.65. The van der Waals surface area contributed by atoms with Gasteiger partial charge in [0.25, 0.3) is 17.1 Å². The number of benzene rings is 4. The van der Waals surface area contributed by atoms with Crippen LogP contribution in [0.5, 0.6) is 5.75 Å². The second kappa shape index (κ2) is 9.21. The van der Waals surface area contributed by atoms with Gasteiger partial charge in [0.2, 0.25) is 0 Å². The predicted molar refractivity (Wildman–Crippen MR) is 140 cm³/mol. The van der Waals surface area contributed by atoms with Gasteiger partial charge in [-0.25, -0.2) is 4.99 Å². The molecule has 11 heteroatoms. The minimum Gasteiger partial charge on any atom is -0.494 e. The minimum atomic E-state index is -0.779. The minimum absolute atomic E-state index is 0.00544. The fourth-order valence-electron chi connectivity index (χ4n) is 4.65. The van der Waals surface area contributed by atoms with Crippen molar-refractivity contribution in [1.29, 1.82) is 0 Å². The molecule has 1 aliphatic carbocycles. The van der Waals surface area contributed by atoms with Crippen LogP contribution in [0, 0.1) is 37.3 Å². The zero-order valence-electron chi connectivity index (χ0n) is 20.1. The standard InChI is InChI=1S/C27H18N4O7/c1-15-10-19-25(22(11-15)30(34)35)26-20(13-18(29(32)33)14-23(26)31(36)37)27(19)28-21-12-17(8-9-24(21)38-2)16-6-4-3-5-7-16/h3-14H,1-2H3. The van der Waals surface area contributed by atoms with E-state index in [2.05, 4.69) is 0 Å². The summed E-state index contributed by atoms with van der Waals surface area (Å²) in [6.07, 6.45) is 0. The van der Waals surface area contributed by atoms with E-state index in [0.29, 0.717) is 17.0 Å². The quantitative estimate of drug-likeness (QED) is 0.186. The summed E-state index contributed by atoms with van der Waals surface area (Å²) in [5.41, 5.74) is 1.46. The van der Waals surface area contributed by atoms with Gasteiger partial charge in [-0.2, -0.15) is 0 Å². The lowest BCUT2D eigenvalue weighted by molar-refractivity contribution is -0.394. The summed E-state index contributed by atoms with van der Waals surface area (Å²) >= 11 is 0. The SMILES string of the molecule is COc1ccc(-c2ccccc2)cc1N=C1c2cc(C)cc([N+](=O)[O-])c2-c2c1cc([N+](=O)[O-])cc2[N+](=O)[O-]. The van der Waals surface area contributed by atoms with Crippen LogP contribution in [0.4, 0.5) is 22.7 Å². The maximum absolute atomic E-state index is 12.0. The van der Waals surface area contributed by atoms with Crippen molar-refractivity contribution in [3.8, 4) is 28.0 Å². The highest BCUT2D eigenvalue weighted by Crippen LogP contribution is 2.50. The predicted octanol–water partition coefficient (Wildman–Crippen LogP) is 6.54. The van der Waals surface area contributed by atoms with Gasteiger partial charge in [0.15, 0.2) is 0 Å². The molecule has 0 aliphatic heterocycles. The number of ether oxygens (including phenoxy) is 1. The summed E-state index contributed by atoms with van der Waals surface area (Å²) in [7, 11) is 1.46. The van der Waals surface area contributed by atoms with E-state index in [0.717, 1.165) is 23.3 Å². The van der Waals surface area contributed by atoms with Crippen LogP contribution in [0.2, 0.25) is 0 Å². The molecule has 5 rings (SSSR count). The maximum Gasteiger partial charge on any atom is 0.285 e. The smallest absolute Gasteiger partial charge is 0.285 e. The molecule has 0 radical (unpaired) electrons. The van der Waals surface area contributed by atoms with Crippen LogP contribution in [-0.4, -0.2) is 27.6 Å². The van der Waals surface area contributed by atoms with Crippen LogP contribution in [0.15, 0.2) is 77.8 Å². The Morgan fingerprint density at radius 2 is 1.34 bits per heavy atom. The molecule has 0 saturated heterocycles. The Balaban J connectivity index is 1.88. The molecule has 0 bridgehead atoms. The van der Waals surface area contributed by atoms with Crippen LogP contribution in [0.25, 0.3) is 22.3 Å². The summed E-state index contributed by atoms with van der Waals surface area (Å²) in [6, 6.07) is 19.7. The van der Waals surface area contributed by atoms with Crippen molar-refractivity contribution in [2.75, 3.05) is 7.11 Å². The summed E-state index contributed by atoms with van der Waals surface area (Å²) in [4.78, 5) is 38.3. The van der Waals surface area contributed by atoms with Gasteiger partial charge in [-0.1, -0.05) is 36.4 Å². The van der Waals surface area contributed by atoms with Crippen LogP contribution in [0.3, 0.4) is 0 Å². The van der Waals surface area contributed by atoms with Gasteiger partial charge < -0.3 is 4.74 Å². The molecule has 0 amide bonds. The molecule has 188 valence electrons. The van der Waals surface area contributed by atoms with E-state index >= 15 is 0 Å². The topological polar surface area (TPSA) is 151 Å². The number of nitro benzene ring substituents is 3. The van der Waals surface area contributed by atoms with Crippen LogP contribution in [-0.2, 0) is 0 Å². The van der Waals surface area contributed by atoms with Crippen molar-refractivity contribution in [3.05, 3.63) is 120 Å². The maximum atomic E-state index is 12.0. The van der Waals surface area contributed by atoms with E-state index in [4.69, 9.17) is 9.73 Å². The van der Waals surface area contributed by atoms with E-state index in [1.807, 2.05) is 36.4 Å². The number of hydrogen-bond acceptors (Lipinski definition) is 8. The largest absolute Gasteiger partial charge is 0.494 e.